The number of rotatable bonds is 3. The van der Waals surface area contributed by atoms with Crippen LogP contribution < -0.4 is 21.9 Å². The lowest BCUT2D eigenvalue weighted by Gasteiger charge is -2.21. The molecule has 1 aromatic rings. The predicted molar refractivity (Wildman–Crippen MR) is 74.4 cm³/mol. The first-order valence-electron chi connectivity index (χ1n) is 6.83. The fraction of sp³-hybridized carbons (Fsp3) is 0.500. The number of fused-ring (bicyclic) bond motifs is 1. The van der Waals surface area contributed by atoms with Gasteiger partial charge in [-0.1, -0.05) is 12.1 Å². The molecule has 1 amide bonds. The summed E-state index contributed by atoms with van der Waals surface area (Å²) in [4.78, 5) is 11.4. The molecule has 3 atom stereocenters. The molecule has 0 aromatic heterocycles. The highest BCUT2D eigenvalue weighted by Gasteiger charge is 2.33. The van der Waals surface area contributed by atoms with E-state index in [9.17, 15) is 4.79 Å². The van der Waals surface area contributed by atoms with Crippen molar-refractivity contribution in [1.29, 1.82) is 0 Å². The van der Waals surface area contributed by atoms with Crippen molar-refractivity contribution in [2.45, 2.75) is 31.8 Å². The minimum atomic E-state index is 0.0801. The highest BCUT2D eigenvalue weighted by Crippen LogP contribution is 2.34. The summed E-state index contributed by atoms with van der Waals surface area (Å²) in [7, 11) is 0. The third-order valence-electron chi connectivity index (χ3n) is 4.15. The number of carbonyl (C=O) groups is 1. The van der Waals surface area contributed by atoms with E-state index >= 15 is 0 Å². The van der Waals surface area contributed by atoms with Crippen molar-refractivity contribution in [3.63, 3.8) is 0 Å². The van der Waals surface area contributed by atoms with E-state index in [1.54, 1.807) is 0 Å². The smallest absolute Gasteiger partial charge is 0.228 e. The van der Waals surface area contributed by atoms with E-state index in [0.29, 0.717) is 24.9 Å². The second-order valence-corrected chi connectivity index (χ2v) is 5.44. The first-order valence-corrected chi connectivity index (χ1v) is 6.83. The Balaban J connectivity index is 1.86. The first-order chi connectivity index (χ1) is 9.19. The van der Waals surface area contributed by atoms with E-state index in [1.807, 2.05) is 6.07 Å². The zero-order valence-corrected chi connectivity index (χ0v) is 11.1. The lowest BCUT2D eigenvalue weighted by atomic mass is 9.87. The van der Waals surface area contributed by atoms with Gasteiger partial charge >= 0.3 is 0 Å². The second kappa shape index (κ2) is 4.92. The molecule has 102 valence electrons. The zero-order chi connectivity index (χ0) is 13.4. The van der Waals surface area contributed by atoms with E-state index in [4.69, 9.17) is 5.73 Å². The summed E-state index contributed by atoms with van der Waals surface area (Å²) in [6.45, 7) is 2.87. The molecule has 0 bridgehead atoms. The molecule has 0 aliphatic carbocycles. The molecule has 2 aliphatic rings. The van der Waals surface area contributed by atoms with Crippen LogP contribution in [0.1, 0.15) is 30.5 Å². The first kappa shape index (κ1) is 12.6. The molecule has 0 radical (unpaired) electrons. The molecule has 2 heterocycles. The van der Waals surface area contributed by atoms with Crippen LogP contribution in [0.2, 0.25) is 0 Å². The van der Waals surface area contributed by atoms with Crippen LogP contribution in [-0.4, -0.2) is 18.5 Å². The Hall–Kier alpha value is -1.43. The van der Waals surface area contributed by atoms with Crippen LogP contribution in [0.3, 0.4) is 0 Å². The lowest BCUT2D eigenvalue weighted by Crippen LogP contribution is -2.29. The summed E-state index contributed by atoms with van der Waals surface area (Å²) in [5, 5.41) is 2.87. The van der Waals surface area contributed by atoms with Crippen LogP contribution in [0.25, 0.3) is 0 Å². The standard InChI is InChI=1S/C14H20N4O/c1-8-11(4-5-15)14(18-17-8)9-2-3-12-10(6-9)7-13(19)16-12/h2-3,6,8,11,14,17-18H,4-5,7,15H2,1H3,(H,16,19). The van der Waals surface area contributed by atoms with Crippen molar-refractivity contribution in [2.24, 2.45) is 11.7 Å². The Bertz CT molecular complexity index is 502. The summed E-state index contributed by atoms with van der Waals surface area (Å²) < 4.78 is 0. The summed E-state index contributed by atoms with van der Waals surface area (Å²) in [6.07, 6.45) is 1.47. The number of hydrogen-bond acceptors (Lipinski definition) is 4. The molecule has 5 heteroatoms. The fourth-order valence-electron chi connectivity index (χ4n) is 3.11. The van der Waals surface area contributed by atoms with Gasteiger partial charge in [-0.25, -0.2) is 5.43 Å². The second-order valence-electron chi connectivity index (χ2n) is 5.44. The topological polar surface area (TPSA) is 79.2 Å². The van der Waals surface area contributed by atoms with Gasteiger partial charge in [-0.3, -0.25) is 10.2 Å². The van der Waals surface area contributed by atoms with Gasteiger partial charge in [0.05, 0.1) is 12.5 Å². The molecule has 5 N–H and O–H groups in total. The third-order valence-corrected chi connectivity index (χ3v) is 4.15. The highest BCUT2D eigenvalue weighted by molar-refractivity contribution is 5.99. The van der Waals surface area contributed by atoms with Gasteiger partial charge in [0, 0.05) is 11.7 Å². The molecule has 0 spiro atoms. The Morgan fingerprint density at radius 2 is 2.21 bits per heavy atom. The van der Waals surface area contributed by atoms with Crippen LogP contribution in [0.4, 0.5) is 5.69 Å². The maximum Gasteiger partial charge on any atom is 0.228 e. The van der Waals surface area contributed by atoms with Gasteiger partial charge in [-0.05, 0) is 43.0 Å². The van der Waals surface area contributed by atoms with Crippen LogP contribution in [0, 0.1) is 5.92 Å². The van der Waals surface area contributed by atoms with Crippen molar-refractivity contribution >= 4 is 11.6 Å². The maximum absolute atomic E-state index is 11.4. The minimum Gasteiger partial charge on any atom is -0.330 e. The van der Waals surface area contributed by atoms with E-state index in [1.165, 1.54) is 5.56 Å². The van der Waals surface area contributed by atoms with Crippen molar-refractivity contribution < 1.29 is 4.79 Å². The maximum atomic E-state index is 11.4. The monoisotopic (exact) mass is 260 g/mol. The van der Waals surface area contributed by atoms with E-state index in [-0.39, 0.29) is 11.9 Å². The zero-order valence-electron chi connectivity index (χ0n) is 11.1. The normalized spacial score (nSPS) is 29.4. The average Bonchev–Trinajstić information content (AvgIpc) is 2.92. The molecule has 3 unspecified atom stereocenters. The summed E-state index contributed by atoms with van der Waals surface area (Å²) in [5.74, 6) is 0.560. The number of hydrogen-bond donors (Lipinski definition) is 4. The van der Waals surface area contributed by atoms with Crippen molar-refractivity contribution in [3.8, 4) is 0 Å². The van der Waals surface area contributed by atoms with Gasteiger partial charge in [0.25, 0.3) is 0 Å². The summed E-state index contributed by atoms with van der Waals surface area (Å²) in [5.41, 5.74) is 15.6. The van der Waals surface area contributed by atoms with Gasteiger partial charge in [0.15, 0.2) is 0 Å². The number of anilines is 1. The van der Waals surface area contributed by atoms with Gasteiger partial charge in [0.1, 0.15) is 0 Å². The molecule has 3 rings (SSSR count). The number of hydrazine groups is 1. The summed E-state index contributed by atoms with van der Waals surface area (Å²) in [6, 6.07) is 6.89. The van der Waals surface area contributed by atoms with Crippen molar-refractivity contribution in [1.82, 2.24) is 10.9 Å². The number of nitrogens with two attached hydrogens (primary N) is 1. The largest absolute Gasteiger partial charge is 0.330 e. The van der Waals surface area contributed by atoms with Crippen molar-refractivity contribution in [2.75, 3.05) is 11.9 Å². The SMILES string of the molecule is CC1NNC(c2ccc3c(c2)CC(=O)N3)C1CCN. The quantitative estimate of drug-likeness (QED) is 0.644. The molecule has 5 nitrogen and oxygen atoms in total. The van der Waals surface area contributed by atoms with Crippen LogP contribution in [0.15, 0.2) is 18.2 Å². The third kappa shape index (κ3) is 2.25. The average molecular weight is 260 g/mol. The molecule has 1 fully saturated rings. The Labute approximate surface area is 112 Å². The molecule has 2 aliphatic heterocycles. The van der Waals surface area contributed by atoms with Crippen LogP contribution in [0.5, 0.6) is 0 Å². The number of nitrogens with one attached hydrogen (secondary N) is 3. The van der Waals surface area contributed by atoms with Gasteiger partial charge in [-0.2, -0.15) is 0 Å². The molecule has 1 aromatic carbocycles. The van der Waals surface area contributed by atoms with E-state index in [2.05, 4.69) is 35.2 Å². The minimum absolute atomic E-state index is 0.0801. The van der Waals surface area contributed by atoms with Gasteiger partial charge in [-0.15, -0.1) is 0 Å². The Morgan fingerprint density at radius 1 is 1.37 bits per heavy atom. The molecular weight excluding hydrogens is 240 g/mol. The van der Waals surface area contributed by atoms with Crippen LogP contribution in [-0.2, 0) is 11.2 Å². The molecular formula is C14H20N4O. The van der Waals surface area contributed by atoms with Crippen LogP contribution >= 0.6 is 0 Å². The number of carbonyl (C=O) groups excluding carboxylic acids is 1. The van der Waals surface area contributed by atoms with E-state index in [0.717, 1.165) is 17.7 Å². The highest BCUT2D eigenvalue weighted by atomic mass is 16.1. The fourth-order valence-corrected chi connectivity index (χ4v) is 3.11. The Kier molecular flexibility index (Phi) is 3.26. The number of benzene rings is 1. The number of amides is 1. The summed E-state index contributed by atoms with van der Waals surface area (Å²) >= 11 is 0. The Morgan fingerprint density at radius 3 is 3.00 bits per heavy atom. The molecule has 0 saturated carbocycles. The lowest BCUT2D eigenvalue weighted by molar-refractivity contribution is -0.115. The van der Waals surface area contributed by atoms with Gasteiger partial charge < -0.3 is 11.1 Å². The van der Waals surface area contributed by atoms with Crippen molar-refractivity contribution in [3.05, 3.63) is 29.3 Å². The van der Waals surface area contributed by atoms with Gasteiger partial charge in [0.2, 0.25) is 5.91 Å². The molecule has 1 saturated heterocycles. The predicted octanol–water partition coefficient (Wildman–Crippen LogP) is 0.684. The van der Waals surface area contributed by atoms with E-state index < -0.39 is 0 Å². The molecule has 19 heavy (non-hydrogen) atoms.